The molecule has 0 unspecified atom stereocenters. The summed E-state index contributed by atoms with van der Waals surface area (Å²) in [6.07, 6.45) is 0. The fraction of sp³-hybridized carbons (Fsp3) is 0.133. The van der Waals surface area contributed by atoms with Gasteiger partial charge in [0.05, 0.1) is 0 Å². The van der Waals surface area contributed by atoms with Crippen molar-refractivity contribution in [2.24, 2.45) is 0 Å². The van der Waals surface area contributed by atoms with Crippen LogP contribution >= 0.6 is 0 Å². The zero-order valence-electron chi connectivity index (χ0n) is 10.8. The molecule has 0 heterocycles. The molecule has 0 spiro atoms. The number of hydrogen-bond acceptors (Lipinski definition) is 2. The van der Waals surface area contributed by atoms with Gasteiger partial charge >= 0.3 is 0 Å². The van der Waals surface area contributed by atoms with Crippen molar-refractivity contribution >= 4 is 17.3 Å². The highest BCUT2D eigenvalue weighted by molar-refractivity contribution is 6.05. The lowest BCUT2D eigenvalue weighted by molar-refractivity contribution is 0.102. The lowest BCUT2D eigenvalue weighted by Crippen LogP contribution is -2.13. The van der Waals surface area contributed by atoms with Gasteiger partial charge in [0.2, 0.25) is 0 Å². The first-order valence-electron chi connectivity index (χ1n) is 5.91. The molecule has 0 saturated carbocycles. The predicted octanol–water partition coefficient (Wildman–Crippen LogP) is 3.28. The Hall–Kier alpha value is -2.36. The number of benzene rings is 2. The van der Waals surface area contributed by atoms with Crippen LogP contribution in [0.4, 0.5) is 15.8 Å². The Bertz CT molecular complexity index is 638. The minimum atomic E-state index is -0.350. The standard InChI is InChI=1S/C15H15FN2O/c1-9-7-11(16)3-5-13(9)15(19)18-12-4-6-14(17)10(2)8-12/h3-8H,17H2,1-2H3,(H,18,19). The molecule has 0 aromatic heterocycles. The maximum absolute atomic E-state index is 13.0. The number of nitrogen functional groups attached to an aromatic ring is 1. The van der Waals surface area contributed by atoms with Crippen molar-refractivity contribution in [3.63, 3.8) is 0 Å². The van der Waals surface area contributed by atoms with E-state index in [4.69, 9.17) is 5.73 Å². The van der Waals surface area contributed by atoms with Crippen LogP contribution in [0.3, 0.4) is 0 Å². The van der Waals surface area contributed by atoms with Gasteiger partial charge in [-0.3, -0.25) is 4.79 Å². The summed E-state index contributed by atoms with van der Waals surface area (Å²) in [5.74, 6) is -0.612. The lowest BCUT2D eigenvalue weighted by atomic mass is 10.1. The maximum atomic E-state index is 13.0. The SMILES string of the molecule is Cc1cc(NC(=O)c2ccc(F)cc2C)ccc1N. The van der Waals surface area contributed by atoms with Crippen molar-refractivity contribution < 1.29 is 9.18 Å². The van der Waals surface area contributed by atoms with E-state index in [0.29, 0.717) is 22.5 Å². The summed E-state index contributed by atoms with van der Waals surface area (Å²) >= 11 is 0. The second kappa shape index (κ2) is 5.10. The Morgan fingerprint density at radius 1 is 1.11 bits per heavy atom. The van der Waals surface area contributed by atoms with E-state index in [9.17, 15) is 9.18 Å². The summed E-state index contributed by atoms with van der Waals surface area (Å²) in [5, 5.41) is 2.77. The highest BCUT2D eigenvalue weighted by Crippen LogP contribution is 2.18. The van der Waals surface area contributed by atoms with Crippen molar-refractivity contribution in [2.45, 2.75) is 13.8 Å². The Morgan fingerprint density at radius 3 is 2.47 bits per heavy atom. The van der Waals surface area contributed by atoms with Gasteiger partial charge in [-0.05, 0) is 61.4 Å². The second-order valence-electron chi connectivity index (χ2n) is 4.48. The number of aryl methyl sites for hydroxylation is 2. The minimum absolute atomic E-state index is 0.262. The molecule has 0 aliphatic heterocycles. The Balaban J connectivity index is 2.23. The molecule has 0 aliphatic carbocycles. The molecule has 2 rings (SSSR count). The largest absolute Gasteiger partial charge is 0.399 e. The molecule has 0 fully saturated rings. The van der Waals surface area contributed by atoms with Crippen molar-refractivity contribution in [1.82, 2.24) is 0 Å². The van der Waals surface area contributed by atoms with E-state index in [2.05, 4.69) is 5.32 Å². The number of hydrogen-bond donors (Lipinski definition) is 2. The zero-order valence-corrected chi connectivity index (χ0v) is 10.8. The molecule has 0 saturated heterocycles. The van der Waals surface area contributed by atoms with E-state index in [1.165, 1.54) is 18.2 Å². The normalized spacial score (nSPS) is 10.3. The van der Waals surface area contributed by atoms with Gasteiger partial charge in [0, 0.05) is 16.9 Å². The average molecular weight is 258 g/mol. The molecule has 3 N–H and O–H groups in total. The van der Waals surface area contributed by atoms with Crippen LogP contribution in [0.25, 0.3) is 0 Å². The quantitative estimate of drug-likeness (QED) is 0.812. The Labute approximate surface area is 111 Å². The van der Waals surface area contributed by atoms with Crippen molar-refractivity contribution in [3.8, 4) is 0 Å². The van der Waals surface area contributed by atoms with Crippen molar-refractivity contribution in [1.29, 1.82) is 0 Å². The van der Waals surface area contributed by atoms with E-state index in [-0.39, 0.29) is 11.7 Å². The summed E-state index contributed by atoms with van der Waals surface area (Å²) in [4.78, 5) is 12.1. The highest BCUT2D eigenvalue weighted by Gasteiger charge is 2.10. The molecule has 4 heteroatoms. The first kappa shape index (κ1) is 13.1. The van der Waals surface area contributed by atoms with Crippen LogP contribution in [-0.2, 0) is 0 Å². The van der Waals surface area contributed by atoms with Crippen LogP contribution in [0, 0.1) is 19.7 Å². The first-order chi connectivity index (χ1) is 8.97. The van der Waals surface area contributed by atoms with Gasteiger partial charge in [-0.2, -0.15) is 0 Å². The Morgan fingerprint density at radius 2 is 1.84 bits per heavy atom. The van der Waals surface area contributed by atoms with E-state index in [1.54, 1.807) is 25.1 Å². The Kier molecular flexibility index (Phi) is 3.51. The van der Waals surface area contributed by atoms with E-state index < -0.39 is 0 Å². The van der Waals surface area contributed by atoms with Gasteiger partial charge in [0.15, 0.2) is 0 Å². The predicted molar refractivity (Wildman–Crippen MR) is 74.7 cm³/mol. The number of halogens is 1. The summed E-state index contributed by atoms with van der Waals surface area (Å²) in [7, 11) is 0. The van der Waals surface area contributed by atoms with Crippen molar-refractivity contribution in [3.05, 3.63) is 58.9 Å². The molecule has 0 bridgehead atoms. The molecule has 1 amide bonds. The van der Waals surface area contributed by atoms with E-state index in [0.717, 1.165) is 5.56 Å². The van der Waals surface area contributed by atoms with Crippen LogP contribution in [0.15, 0.2) is 36.4 Å². The smallest absolute Gasteiger partial charge is 0.255 e. The molecule has 2 aromatic rings. The van der Waals surface area contributed by atoms with Gasteiger partial charge in [0.25, 0.3) is 5.91 Å². The fourth-order valence-electron chi connectivity index (χ4n) is 1.83. The fourth-order valence-corrected chi connectivity index (χ4v) is 1.83. The molecule has 98 valence electrons. The number of nitrogens with two attached hydrogens (primary N) is 1. The summed E-state index contributed by atoms with van der Waals surface area (Å²) in [6.45, 7) is 3.57. The highest BCUT2D eigenvalue weighted by atomic mass is 19.1. The van der Waals surface area contributed by atoms with Crippen LogP contribution < -0.4 is 11.1 Å². The topological polar surface area (TPSA) is 55.1 Å². The lowest BCUT2D eigenvalue weighted by Gasteiger charge is -2.09. The number of amides is 1. The maximum Gasteiger partial charge on any atom is 0.255 e. The third-order valence-electron chi connectivity index (χ3n) is 2.96. The van der Waals surface area contributed by atoms with Gasteiger partial charge in [0.1, 0.15) is 5.82 Å². The van der Waals surface area contributed by atoms with Crippen molar-refractivity contribution in [2.75, 3.05) is 11.1 Å². The van der Waals surface area contributed by atoms with Crippen LogP contribution in [0.5, 0.6) is 0 Å². The van der Waals surface area contributed by atoms with E-state index >= 15 is 0 Å². The van der Waals surface area contributed by atoms with Crippen LogP contribution in [0.1, 0.15) is 21.5 Å². The van der Waals surface area contributed by atoms with E-state index in [1.807, 2.05) is 6.92 Å². The molecule has 0 atom stereocenters. The molecule has 0 aliphatic rings. The third kappa shape index (κ3) is 2.91. The minimum Gasteiger partial charge on any atom is -0.399 e. The average Bonchev–Trinajstić information content (AvgIpc) is 2.33. The third-order valence-corrected chi connectivity index (χ3v) is 2.96. The van der Waals surface area contributed by atoms with Crippen LogP contribution in [0.2, 0.25) is 0 Å². The van der Waals surface area contributed by atoms with Gasteiger partial charge in [-0.15, -0.1) is 0 Å². The summed E-state index contributed by atoms with van der Waals surface area (Å²) < 4.78 is 13.0. The van der Waals surface area contributed by atoms with Gasteiger partial charge in [-0.25, -0.2) is 4.39 Å². The van der Waals surface area contributed by atoms with Crippen LogP contribution in [-0.4, -0.2) is 5.91 Å². The second-order valence-corrected chi connectivity index (χ2v) is 4.48. The summed E-state index contributed by atoms with van der Waals surface area (Å²) in [5.41, 5.74) is 9.01. The first-order valence-corrected chi connectivity index (χ1v) is 5.91. The number of rotatable bonds is 2. The molecular weight excluding hydrogens is 243 g/mol. The monoisotopic (exact) mass is 258 g/mol. The zero-order chi connectivity index (χ0) is 14.0. The molecule has 3 nitrogen and oxygen atoms in total. The number of carbonyl (C=O) groups excluding carboxylic acids is 1. The summed E-state index contributed by atoms with van der Waals surface area (Å²) in [6, 6.07) is 9.36. The number of carbonyl (C=O) groups is 1. The number of anilines is 2. The van der Waals surface area contributed by atoms with Gasteiger partial charge < -0.3 is 11.1 Å². The van der Waals surface area contributed by atoms with Gasteiger partial charge in [-0.1, -0.05) is 0 Å². The molecule has 2 aromatic carbocycles. The molecular formula is C15H15FN2O. The molecule has 19 heavy (non-hydrogen) atoms. The molecule has 0 radical (unpaired) electrons. The number of nitrogens with one attached hydrogen (secondary N) is 1.